The SMILES string of the molecule is O=C(COC(=O)C[C@H]1CCS(=O)(=O)C1)Nc1ccccc1C(F)(F)F. The Hall–Kier alpha value is -2.10. The highest BCUT2D eigenvalue weighted by molar-refractivity contribution is 7.91. The van der Waals surface area contributed by atoms with Crippen molar-refractivity contribution in [2.24, 2.45) is 5.92 Å². The molecule has 0 aromatic heterocycles. The van der Waals surface area contributed by atoms with E-state index in [0.29, 0.717) is 6.42 Å². The number of carbonyl (C=O) groups is 2. The van der Waals surface area contributed by atoms with E-state index in [1.807, 2.05) is 5.32 Å². The molecule has 1 aliphatic heterocycles. The standard InChI is InChI=1S/C15H16F3NO5S/c16-15(17,18)11-3-1-2-4-12(11)19-13(20)8-24-14(21)7-10-5-6-25(22,23)9-10/h1-4,10H,5-9H2,(H,19,20)/t10-/m1/s1. The van der Waals surface area contributed by atoms with Gasteiger partial charge in [-0.05, 0) is 24.5 Å². The number of sulfone groups is 1. The zero-order valence-electron chi connectivity index (χ0n) is 13.0. The lowest BCUT2D eigenvalue weighted by Gasteiger charge is -2.13. The predicted molar refractivity (Wildman–Crippen MR) is 82.4 cm³/mol. The Balaban J connectivity index is 1.84. The summed E-state index contributed by atoms with van der Waals surface area (Å²) in [5, 5.41) is 2.05. The van der Waals surface area contributed by atoms with Crippen molar-refractivity contribution >= 4 is 27.4 Å². The molecule has 1 atom stereocenters. The molecule has 1 amide bonds. The number of carbonyl (C=O) groups excluding carboxylic acids is 2. The summed E-state index contributed by atoms with van der Waals surface area (Å²) < 4.78 is 65.7. The summed E-state index contributed by atoms with van der Waals surface area (Å²) in [6.45, 7) is -0.746. The fourth-order valence-electron chi connectivity index (χ4n) is 2.50. The Kier molecular flexibility index (Phi) is 5.71. The zero-order chi connectivity index (χ0) is 18.7. The van der Waals surface area contributed by atoms with Crippen LogP contribution in [0.4, 0.5) is 18.9 Å². The maximum atomic E-state index is 12.8. The van der Waals surface area contributed by atoms with E-state index in [4.69, 9.17) is 4.74 Å². The predicted octanol–water partition coefficient (Wildman–Crippen LogP) is 2.01. The Labute approximate surface area is 142 Å². The second-order valence-corrected chi connectivity index (χ2v) is 7.95. The monoisotopic (exact) mass is 379 g/mol. The van der Waals surface area contributed by atoms with Crippen LogP contribution in [0.2, 0.25) is 0 Å². The molecule has 10 heteroatoms. The number of esters is 1. The number of hydrogen-bond acceptors (Lipinski definition) is 5. The summed E-state index contributed by atoms with van der Waals surface area (Å²) in [4.78, 5) is 23.3. The van der Waals surface area contributed by atoms with E-state index >= 15 is 0 Å². The highest BCUT2D eigenvalue weighted by Gasteiger charge is 2.33. The Morgan fingerprint density at radius 2 is 1.92 bits per heavy atom. The van der Waals surface area contributed by atoms with Gasteiger partial charge in [0.05, 0.1) is 22.8 Å². The third kappa shape index (κ3) is 5.73. The molecular weight excluding hydrogens is 363 g/mol. The summed E-state index contributed by atoms with van der Waals surface area (Å²) in [6, 6.07) is 4.43. The first-order valence-electron chi connectivity index (χ1n) is 7.39. The Morgan fingerprint density at radius 1 is 1.24 bits per heavy atom. The average Bonchev–Trinajstić information content (AvgIpc) is 2.83. The summed E-state index contributed by atoms with van der Waals surface area (Å²) in [6.07, 6.45) is -4.43. The molecule has 25 heavy (non-hydrogen) atoms. The van der Waals surface area contributed by atoms with Gasteiger partial charge in [-0.25, -0.2) is 8.42 Å². The summed E-state index contributed by atoms with van der Waals surface area (Å²) in [5.41, 5.74) is -1.44. The zero-order valence-corrected chi connectivity index (χ0v) is 13.8. The maximum absolute atomic E-state index is 12.8. The fourth-order valence-corrected chi connectivity index (χ4v) is 4.36. The minimum absolute atomic E-state index is 0.0136. The third-order valence-corrected chi connectivity index (χ3v) is 5.49. The molecule has 1 fully saturated rings. The van der Waals surface area contributed by atoms with Gasteiger partial charge in [0.1, 0.15) is 0 Å². The van der Waals surface area contributed by atoms with Crippen molar-refractivity contribution in [2.75, 3.05) is 23.4 Å². The number of halogens is 3. The van der Waals surface area contributed by atoms with Gasteiger partial charge in [-0.1, -0.05) is 12.1 Å². The van der Waals surface area contributed by atoms with Gasteiger partial charge in [-0.3, -0.25) is 9.59 Å². The Morgan fingerprint density at radius 3 is 2.52 bits per heavy atom. The maximum Gasteiger partial charge on any atom is 0.418 e. The van der Waals surface area contributed by atoms with Crippen LogP contribution >= 0.6 is 0 Å². The van der Waals surface area contributed by atoms with Gasteiger partial charge < -0.3 is 10.1 Å². The van der Waals surface area contributed by atoms with Gasteiger partial charge in [0.25, 0.3) is 5.91 Å². The number of rotatable bonds is 5. The van der Waals surface area contributed by atoms with Crippen LogP contribution in [0.15, 0.2) is 24.3 Å². The molecule has 1 aliphatic rings. The van der Waals surface area contributed by atoms with Gasteiger partial charge >= 0.3 is 12.1 Å². The van der Waals surface area contributed by atoms with E-state index in [1.165, 1.54) is 12.1 Å². The van der Waals surface area contributed by atoms with Crippen molar-refractivity contribution in [3.8, 4) is 0 Å². The van der Waals surface area contributed by atoms with Crippen molar-refractivity contribution in [1.29, 1.82) is 0 Å². The molecule has 0 radical (unpaired) electrons. The smallest absolute Gasteiger partial charge is 0.418 e. The summed E-state index contributed by atoms with van der Waals surface area (Å²) >= 11 is 0. The molecule has 2 rings (SSSR count). The van der Waals surface area contributed by atoms with Crippen molar-refractivity contribution in [3.63, 3.8) is 0 Å². The normalized spacial score (nSPS) is 19.4. The third-order valence-electron chi connectivity index (χ3n) is 3.65. The lowest BCUT2D eigenvalue weighted by atomic mass is 10.1. The fraction of sp³-hybridized carbons (Fsp3) is 0.467. The van der Waals surface area contributed by atoms with Crippen LogP contribution in [0.3, 0.4) is 0 Å². The largest absolute Gasteiger partial charge is 0.456 e. The Bertz CT molecular complexity index is 761. The molecule has 0 saturated carbocycles. The molecule has 138 valence electrons. The number of anilines is 1. The number of nitrogens with one attached hydrogen (secondary N) is 1. The first-order chi connectivity index (χ1) is 11.6. The molecule has 0 spiro atoms. The molecule has 0 bridgehead atoms. The van der Waals surface area contributed by atoms with Gasteiger partial charge in [0, 0.05) is 6.42 Å². The van der Waals surface area contributed by atoms with Crippen molar-refractivity contribution < 1.29 is 35.9 Å². The highest BCUT2D eigenvalue weighted by atomic mass is 32.2. The summed E-state index contributed by atoms with van der Waals surface area (Å²) in [5.74, 6) is -2.12. The minimum Gasteiger partial charge on any atom is -0.456 e. The number of ether oxygens (including phenoxy) is 1. The first-order valence-corrected chi connectivity index (χ1v) is 9.21. The molecule has 0 aliphatic carbocycles. The first kappa shape index (κ1) is 19.2. The summed E-state index contributed by atoms with van der Waals surface area (Å²) in [7, 11) is -3.13. The van der Waals surface area contributed by atoms with E-state index in [2.05, 4.69) is 0 Å². The van der Waals surface area contributed by atoms with Crippen LogP contribution in [-0.2, 0) is 30.3 Å². The van der Waals surface area contributed by atoms with Crippen molar-refractivity contribution in [2.45, 2.75) is 19.0 Å². The molecule has 1 aromatic rings. The molecule has 1 N–H and O–H groups in total. The topological polar surface area (TPSA) is 89.5 Å². The highest BCUT2D eigenvalue weighted by Crippen LogP contribution is 2.34. The second kappa shape index (κ2) is 7.42. The molecule has 0 unspecified atom stereocenters. The second-order valence-electron chi connectivity index (χ2n) is 5.73. The van der Waals surface area contributed by atoms with Gasteiger partial charge in [-0.2, -0.15) is 13.2 Å². The van der Waals surface area contributed by atoms with Crippen LogP contribution < -0.4 is 5.32 Å². The van der Waals surface area contributed by atoms with E-state index in [-0.39, 0.29) is 23.8 Å². The molecule has 1 saturated heterocycles. The van der Waals surface area contributed by atoms with E-state index in [1.54, 1.807) is 0 Å². The number of benzene rings is 1. The molecular formula is C15H16F3NO5S. The number of alkyl halides is 3. The van der Waals surface area contributed by atoms with Crippen LogP contribution in [0.5, 0.6) is 0 Å². The van der Waals surface area contributed by atoms with Crippen molar-refractivity contribution in [1.82, 2.24) is 0 Å². The number of para-hydroxylation sites is 1. The molecule has 1 heterocycles. The average molecular weight is 379 g/mol. The van der Waals surface area contributed by atoms with Gasteiger partial charge in [0.2, 0.25) is 0 Å². The van der Waals surface area contributed by atoms with Gasteiger partial charge in [-0.15, -0.1) is 0 Å². The van der Waals surface area contributed by atoms with E-state index < -0.39 is 45.7 Å². The molecule has 1 aromatic carbocycles. The van der Waals surface area contributed by atoms with E-state index in [9.17, 15) is 31.2 Å². The van der Waals surface area contributed by atoms with Crippen LogP contribution in [-0.4, -0.2) is 38.4 Å². The lowest BCUT2D eigenvalue weighted by Crippen LogP contribution is -2.23. The minimum atomic E-state index is -4.63. The number of hydrogen-bond donors (Lipinski definition) is 1. The van der Waals surface area contributed by atoms with Crippen LogP contribution in [0.1, 0.15) is 18.4 Å². The quantitative estimate of drug-likeness (QED) is 0.791. The van der Waals surface area contributed by atoms with Crippen molar-refractivity contribution in [3.05, 3.63) is 29.8 Å². The lowest BCUT2D eigenvalue weighted by molar-refractivity contribution is -0.148. The van der Waals surface area contributed by atoms with Crippen LogP contribution in [0.25, 0.3) is 0 Å². The van der Waals surface area contributed by atoms with E-state index in [0.717, 1.165) is 12.1 Å². The van der Waals surface area contributed by atoms with Gasteiger partial charge in [0.15, 0.2) is 16.4 Å². The number of amides is 1. The van der Waals surface area contributed by atoms with Crippen LogP contribution in [0, 0.1) is 5.92 Å². The molecule has 6 nitrogen and oxygen atoms in total.